The predicted molar refractivity (Wildman–Crippen MR) is 49.4 cm³/mol. The highest BCUT2D eigenvalue weighted by Crippen LogP contribution is 2.30. The second kappa shape index (κ2) is 3.40. The monoisotopic (exact) mass is 181 g/mol. The molecule has 0 aromatic heterocycles. The third kappa shape index (κ3) is 1.43. The summed E-state index contributed by atoms with van der Waals surface area (Å²) in [6.45, 7) is 2.31. The van der Waals surface area contributed by atoms with Crippen molar-refractivity contribution in [3.05, 3.63) is 12.2 Å². The van der Waals surface area contributed by atoms with E-state index >= 15 is 0 Å². The highest BCUT2D eigenvalue weighted by Gasteiger charge is 2.36. The van der Waals surface area contributed by atoms with Crippen molar-refractivity contribution in [1.82, 2.24) is 4.90 Å². The smallest absolute Gasteiger partial charge is 0.410 e. The molecule has 0 radical (unpaired) electrons. The number of hydrogen-bond acceptors (Lipinski definition) is 2. The van der Waals surface area contributed by atoms with Gasteiger partial charge in [-0.2, -0.15) is 0 Å². The number of carbonyl (C=O) groups is 1. The van der Waals surface area contributed by atoms with Crippen molar-refractivity contribution in [3.8, 4) is 0 Å². The van der Waals surface area contributed by atoms with Gasteiger partial charge in [-0.1, -0.05) is 12.2 Å². The standard InChI is InChI=1S/C10H15NO2/c1-2-13-10(12)11-8-4-3-5-9(11)7-6-8/h6-9H,2-5H2,1H3/t8-,9+. The van der Waals surface area contributed by atoms with Gasteiger partial charge in [0.2, 0.25) is 0 Å². The maximum Gasteiger partial charge on any atom is 0.410 e. The number of fused-ring (bicyclic) bond motifs is 2. The van der Waals surface area contributed by atoms with Gasteiger partial charge in [-0.15, -0.1) is 0 Å². The molecule has 2 aliphatic rings. The lowest BCUT2D eigenvalue weighted by Gasteiger charge is -2.33. The van der Waals surface area contributed by atoms with Gasteiger partial charge in [-0.25, -0.2) is 4.79 Å². The molecule has 2 heterocycles. The molecule has 72 valence electrons. The lowest BCUT2D eigenvalue weighted by atomic mass is 10.0. The molecule has 0 N–H and O–H groups in total. The van der Waals surface area contributed by atoms with Crippen LogP contribution in [0.25, 0.3) is 0 Å². The molecule has 0 spiro atoms. The minimum atomic E-state index is -0.151. The molecule has 1 saturated heterocycles. The van der Waals surface area contributed by atoms with E-state index in [9.17, 15) is 4.79 Å². The molecule has 0 unspecified atom stereocenters. The van der Waals surface area contributed by atoms with Crippen molar-refractivity contribution >= 4 is 6.09 Å². The Balaban J connectivity index is 2.04. The minimum Gasteiger partial charge on any atom is -0.450 e. The highest BCUT2D eigenvalue weighted by atomic mass is 16.6. The first kappa shape index (κ1) is 8.60. The van der Waals surface area contributed by atoms with Crippen LogP contribution in [-0.4, -0.2) is 29.7 Å². The maximum absolute atomic E-state index is 11.5. The van der Waals surface area contributed by atoms with Crippen LogP contribution in [0.2, 0.25) is 0 Å². The summed E-state index contributed by atoms with van der Waals surface area (Å²) >= 11 is 0. The highest BCUT2D eigenvalue weighted by molar-refractivity contribution is 5.70. The van der Waals surface area contributed by atoms with Crippen LogP contribution in [0.5, 0.6) is 0 Å². The van der Waals surface area contributed by atoms with E-state index in [1.54, 1.807) is 0 Å². The number of ether oxygens (including phenoxy) is 1. The van der Waals surface area contributed by atoms with Crippen LogP contribution in [0.4, 0.5) is 4.79 Å². The molecule has 1 fully saturated rings. The average molecular weight is 181 g/mol. The van der Waals surface area contributed by atoms with Crippen LogP contribution in [0.1, 0.15) is 26.2 Å². The van der Waals surface area contributed by atoms with Gasteiger partial charge in [-0.3, -0.25) is 4.90 Å². The molecule has 0 aromatic rings. The molecular formula is C10H15NO2. The van der Waals surface area contributed by atoms with Crippen molar-refractivity contribution in [2.75, 3.05) is 6.61 Å². The van der Waals surface area contributed by atoms with Crippen molar-refractivity contribution < 1.29 is 9.53 Å². The summed E-state index contributed by atoms with van der Waals surface area (Å²) < 4.78 is 5.01. The summed E-state index contributed by atoms with van der Waals surface area (Å²) in [5, 5.41) is 0. The van der Waals surface area contributed by atoms with Crippen LogP contribution < -0.4 is 0 Å². The number of carbonyl (C=O) groups excluding carboxylic acids is 1. The fraction of sp³-hybridized carbons (Fsp3) is 0.700. The molecule has 1 amide bonds. The van der Waals surface area contributed by atoms with E-state index in [4.69, 9.17) is 4.74 Å². The molecule has 2 bridgehead atoms. The van der Waals surface area contributed by atoms with Gasteiger partial charge in [0.25, 0.3) is 0 Å². The third-order valence-electron chi connectivity index (χ3n) is 2.75. The quantitative estimate of drug-likeness (QED) is 0.578. The van der Waals surface area contributed by atoms with E-state index in [2.05, 4.69) is 12.2 Å². The zero-order valence-electron chi connectivity index (χ0n) is 7.90. The number of amides is 1. The van der Waals surface area contributed by atoms with E-state index in [0.717, 1.165) is 12.8 Å². The molecule has 2 aliphatic heterocycles. The number of nitrogens with zero attached hydrogens (tertiary/aromatic N) is 1. The van der Waals surface area contributed by atoms with Crippen LogP contribution in [-0.2, 0) is 4.74 Å². The largest absolute Gasteiger partial charge is 0.450 e. The molecule has 0 aromatic carbocycles. The Morgan fingerprint density at radius 1 is 1.46 bits per heavy atom. The van der Waals surface area contributed by atoms with Gasteiger partial charge in [0.1, 0.15) is 0 Å². The molecular weight excluding hydrogens is 166 g/mol. The first-order valence-electron chi connectivity index (χ1n) is 4.96. The lowest BCUT2D eigenvalue weighted by Crippen LogP contribution is -2.45. The SMILES string of the molecule is CCOC(=O)N1[C@@H]2C=C[C@H]1CCC2. The number of rotatable bonds is 1. The molecule has 0 aliphatic carbocycles. The Morgan fingerprint density at radius 2 is 2.08 bits per heavy atom. The van der Waals surface area contributed by atoms with Crippen molar-refractivity contribution in [3.63, 3.8) is 0 Å². The van der Waals surface area contributed by atoms with Gasteiger partial charge in [0.15, 0.2) is 0 Å². The second-order valence-corrected chi connectivity index (χ2v) is 3.56. The molecule has 2 atom stereocenters. The van der Waals surface area contributed by atoms with Crippen molar-refractivity contribution in [2.24, 2.45) is 0 Å². The molecule has 2 rings (SSSR count). The molecule has 13 heavy (non-hydrogen) atoms. The molecule has 0 saturated carbocycles. The van der Waals surface area contributed by atoms with Gasteiger partial charge in [0.05, 0.1) is 18.7 Å². The Labute approximate surface area is 78.4 Å². The Bertz CT molecular complexity index is 223. The fourth-order valence-corrected chi connectivity index (χ4v) is 2.16. The summed E-state index contributed by atoms with van der Waals surface area (Å²) in [7, 11) is 0. The normalized spacial score (nSPS) is 30.7. The van der Waals surface area contributed by atoms with Gasteiger partial charge in [0, 0.05) is 0 Å². The van der Waals surface area contributed by atoms with E-state index < -0.39 is 0 Å². The topological polar surface area (TPSA) is 29.5 Å². The fourth-order valence-electron chi connectivity index (χ4n) is 2.16. The van der Waals surface area contributed by atoms with Gasteiger partial charge >= 0.3 is 6.09 Å². The van der Waals surface area contributed by atoms with Gasteiger partial charge in [-0.05, 0) is 26.2 Å². The van der Waals surface area contributed by atoms with Crippen LogP contribution in [0.3, 0.4) is 0 Å². The summed E-state index contributed by atoms with van der Waals surface area (Å²) in [6, 6.07) is 0.607. The first-order chi connectivity index (χ1) is 6.33. The minimum absolute atomic E-state index is 0.151. The van der Waals surface area contributed by atoms with Crippen LogP contribution in [0, 0.1) is 0 Å². The van der Waals surface area contributed by atoms with E-state index in [1.807, 2.05) is 11.8 Å². The third-order valence-corrected chi connectivity index (χ3v) is 2.75. The summed E-state index contributed by atoms with van der Waals surface area (Å²) in [4.78, 5) is 13.4. The van der Waals surface area contributed by atoms with Crippen molar-refractivity contribution in [1.29, 1.82) is 0 Å². The molecule has 3 heteroatoms. The lowest BCUT2D eigenvalue weighted by molar-refractivity contribution is 0.0789. The summed E-state index contributed by atoms with van der Waals surface area (Å²) in [5.41, 5.74) is 0. The Morgan fingerprint density at radius 3 is 2.62 bits per heavy atom. The summed E-state index contributed by atoms with van der Waals surface area (Å²) in [5.74, 6) is 0. The summed E-state index contributed by atoms with van der Waals surface area (Å²) in [6.07, 6.45) is 7.51. The first-order valence-corrected chi connectivity index (χ1v) is 4.96. The van der Waals surface area contributed by atoms with Crippen LogP contribution in [0.15, 0.2) is 12.2 Å². The van der Waals surface area contributed by atoms with E-state index in [-0.39, 0.29) is 6.09 Å². The van der Waals surface area contributed by atoms with Crippen molar-refractivity contribution in [2.45, 2.75) is 38.3 Å². The zero-order valence-corrected chi connectivity index (χ0v) is 7.90. The van der Waals surface area contributed by atoms with Crippen LogP contribution >= 0.6 is 0 Å². The Hall–Kier alpha value is -0.990. The number of piperidine rings is 1. The maximum atomic E-state index is 11.5. The van der Waals surface area contributed by atoms with E-state index in [1.165, 1.54) is 6.42 Å². The zero-order chi connectivity index (χ0) is 9.26. The average Bonchev–Trinajstić information content (AvgIpc) is 2.37. The van der Waals surface area contributed by atoms with E-state index in [0.29, 0.717) is 18.7 Å². The Kier molecular flexibility index (Phi) is 2.25. The van der Waals surface area contributed by atoms with Gasteiger partial charge < -0.3 is 4.74 Å². The molecule has 3 nitrogen and oxygen atoms in total. The number of hydrogen-bond donors (Lipinski definition) is 0. The predicted octanol–water partition coefficient (Wildman–Crippen LogP) is 1.94. The second-order valence-electron chi connectivity index (χ2n) is 3.56.